The number of piperidine rings is 2. The van der Waals surface area contributed by atoms with Crippen LogP contribution in [0.5, 0.6) is 0 Å². The second kappa shape index (κ2) is 3.89. The van der Waals surface area contributed by atoms with E-state index >= 15 is 0 Å². The van der Waals surface area contributed by atoms with Gasteiger partial charge in [0, 0.05) is 6.04 Å². The standard InChI is InChI=1S/C11H19NO2/c1-3-14-11(13)10-8-4-6-9(7-5-8)12(10)2/h8-10H,3-7H2,1-2H3. The van der Waals surface area contributed by atoms with Crippen molar-refractivity contribution in [2.45, 2.75) is 44.7 Å². The number of likely N-dealkylation sites (N-methyl/N-ethyl adjacent to an activating group) is 1. The van der Waals surface area contributed by atoms with Gasteiger partial charge < -0.3 is 4.74 Å². The van der Waals surface area contributed by atoms with E-state index in [4.69, 9.17) is 4.74 Å². The summed E-state index contributed by atoms with van der Waals surface area (Å²) in [6.45, 7) is 2.37. The van der Waals surface area contributed by atoms with Gasteiger partial charge in [0.15, 0.2) is 0 Å². The van der Waals surface area contributed by atoms with E-state index in [9.17, 15) is 4.79 Å². The monoisotopic (exact) mass is 197 g/mol. The van der Waals surface area contributed by atoms with E-state index in [1.54, 1.807) is 0 Å². The van der Waals surface area contributed by atoms with Crippen molar-refractivity contribution in [3.63, 3.8) is 0 Å². The number of hydrogen-bond acceptors (Lipinski definition) is 3. The van der Waals surface area contributed by atoms with Gasteiger partial charge in [0.05, 0.1) is 6.61 Å². The zero-order valence-electron chi connectivity index (χ0n) is 9.03. The molecule has 0 N–H and O–H groups in total. The second-order valence-electron chi connectivity index (χ2n) is 4.43. The van der Waals surface area contributed by atoms with Gasteiger partial charge in [-0.3, -0.25) is 9.69 Å². The normalized spacial score (nSPS) is 37.1. The molecule has 14 heavy (non-hydrogen) atoms. The fourth-order valence-electron chi connectivity index (χ4n) is 2.97. The van der Waals surface area contributed by atoms with E-state index < -0.39 is 0 Å². The molecule has 0 aromatic heterocycles. The molecule has 1 atom stereocenters. The van der Waals surface area contributed by atoms with Gasteiger partial charge in [-0.15, -0.1) is 0 Å². The first kappa shape index (κ1) is 9.97. The average molecular weight is 197 g/mol. The fourth-order valence-corrected chi connectivity index (χ4v) is 2.97. The molecule has 1 unspecified atom stereocenters. The highest BCUT2D eigenvalue weighted by Crippen LogP contribution is 2.38. The first-order chi connectivity index (χ1) is 6.74. The number of ether oxygens (including phenoxy) is 1. The van der Waals surface area contributed by atoms with Crippen molar-refractivity contribution in [3.8, 4) is 0 Å². The van der Waals surface area contributed by atoms with E-state index in [1.165, 1.54) is 25.7 Å². The number of nitrogens with zero attached hydrogens (tertiary/aromatic N) is 1. The third kappa shape index (κ3) is 1.54. The number of carbonyl (C=O) groups is 1. The topological polar surface area (TPSA) is 29.5 Å². The third-order valence-electron chi connectivity index (χ3n) is 3.73. The van der Waals surface area contributed by atoms with E-state index in [1.807, 2.05) is 6.92 Å². The molecule has 3 aliphatic rings. The minimum Gasteiger partial charge on any atom is -0.465 e. The van der Waals surface area contributed by atoms with E-state index in [-0.39, 0.29) is 12.0 Å². The van der Waals surface area contributed by atoms with Crippen LogP contribution in [0.4, 0.5) is 0 Å². The summed E-state index contributed by atoms with van der Waals surface area (Å²) >= 11 is 0. The average Bonchev–Trinajstić information content (AvgIpc) is 2.19. The molecule has 0 amide bonds. The Morgan fingerprint density at radius 1 is 1.36 bits per heavy atom. The first-order valence-electron chi connectivity index (χ1n) is 5.62. The van der Waals surface area contributed by atoms with Crippen LogP contribution >= 0.6 is 0 Å². The SMILES string of the molecule is CCOC(=O)C1C2CCC(CC2)N1C. The maximum atomic E-state index is 11.7. The first-order valence-corrected chi connectivity index (χ1v) is 5.62. The summed E-state index contributed by atoms with van der Waals surface area (Å²) in [5.74, 6) is 0.536. The highest BCUT2D eigenvalue weighted by molar-refractivity contribution is 5.76. The summed E-state index contributed by atoms with van der Waals surface area (Å²) in [7, 11) is 2.07. The number of hydrogen-bond donors (Lipinski definition) is 0. The Hall–Kier alpha value is -0.570. The Morgan fingerprint density at radius 2 is 2.00 bits per heavy atom. The van der Waals surface area contributed by atoms with Crippen LogP contribution in [0.1, 0.15) is 32.6 Å². The van der Waals surface area contributed by atoms with Gasteiger partial charge in [-0.05, 0) is 45.6 Å². The minimum atomic E-state index is -0.00981. The molecule has 0 radical (unpaired) electrons. The number of rotatable bonds is 2. The maximum absolute atomic E-state index is 11.7. The lowest BCUT2D eigenvalue weighted by molar-refractivity contribution is -0.157. The van der Waals surface area contributed by atoms with Gasteiger partial charge in [0.2, 0.25) is 0 Å². The van der Waals surface area contributed by atoms with Crippen LogP contribution < -0.4 is 0 Å². The zero-order valence-corrected chi connectivity index (χ0v) is 9.03. The molecule has 80 valence electrons. The Balaban J connectivity index is 2.06. The fraction of sp³-hybridized carbons (Fsp3) is 0.909. The number of carbonyl (C=O) groups excluding carboxylic acids is 1. The van der Waals surface area contributed by atoms with Crippen LogP contribution in [0.2, 0.25) is 0 Å². The molecule has 1 aliphatic carbocycles. The summed E-state index contributed by atoms with van der Waals surface area (Å²) in [6.07, 6.45) is 4.94. The van der Waals surface area contributed by atoms with Crippen molar-refractivity contribution in [3.05, 3.63) is 0 Å². The van der Waals surface area contributed by atoms with Gasteiger partial charge in [-0.1, -0.05) is 0 Å². The van der Waals surface area contributed by atoms with Gasteiger partial charge in [-0.25, -0.2) is 0 Å². The lowest BCUT2D eigenvalue weighted by Crippen LogP contribution is -2.56. The van der Waals surface area contributed by atoms with E-state index in [0.29, 0.717) is 18.6 Å². The smallest absolute Gasteiger partial charge is 0.323 e. The quantitative estimate of drug-likeness (QED) is 0.627. The molecule has 2 saturated heterocycles. The molecule has 0 aromatic rings. The number of fused-ring (bicyclic) bond motifs is 3. The summed E-state index contributed by atoms with van der Waals surface area (Å²) in [5.41, 5.74) is 0. The predicted molar refractivity (Wildman–Crippen MR) is 53.9 cm³/mol. The summed E-state index contributed by atoms with van der Waals surface area (Å²) in [5, 5.41) is 0. The predicted octanol–water partition coefficient (Wildman–Crippen LogP) is 1.42. The van der Waals surface area contributed by atoms with Gasteiger partial charge in [0.25, 0.3) is 0 Å². The van der Waals surface area contributed by atoms with Crippen molar-refractivity contribution in [2.24, 2.45) is 5.92 Å². The highest BCUT2D eigenvalue weighted by Gasteiger charge is 2.44. The molecule has 2 heterocycles. The Morgan fingerprint density at radius 3 is 2.50 bits per heavy atom. The molecule has 3 fully saturated rings. The third-order valence-corrected chi connectivity index (χ3v) is 3.73. The van der Waals surface area contributed by atoms with Crippen LogP contribution in [0.15, 0.2) is 0 Å². The molecule has 3 nitrogen and oxygen atoms in total. The molecule has 2 aliphatic heterocycles. The van der Waals surface area contributed by atoms with Gasteiger partial charge in [-0.2, -0.15) is 0 Å². The van der Waals surface area contributed by atoms with Gasteiger partial charge >= 0.3 is 5.97 Å². The van der Waals surface area contributed by atoms with E-state index in [2.05, 4.69) is 11.9 Å². The van der Waals surface area contributed by atoms with E-state index in [0.717, 1.165) is 0 Å². The van der Waals surface area contributed by atoms with Crippen molar-refractivity contribution in [2.75, 3.05) is 13.7 Å². The summed E-state index contributed by atoms with van der Waals surface area (Å²) in [4.78, 5) is 14.0. The Labute approximate surface area is 85.4 Å². The van der Waals surface area contributed by atoms with Crippen molar-refractivity contribution >= 4 is 5.97 Å². The molecule has 3 rings (SSSR count). The van der Waals surface area contributed by atoms with Crippen molar-refractivity contribution < 1.29 is 9.53 Å². The van der Waals surface area contributed by atoms with Crippen molar-refractivity contribution in [1.82, 2.24) is 4.90 Å². The molecule has 0 spiro atoms. The second-order valence-corrected chi connectivity index (χ2v) is 4.43. The lowest BCUT2D eigenvalue weighted by atomic mass is 9.75. The lowest BCUT2D eigenvalue weighted by Gasteiger charge is -2.48. The van der Waals surface area contributed by atoms with Crippen LogP contribution in [-0.2, 0) is 9.53 Å². The Bertz CT molecular complexity index is 219. The maximum Gasteiger partial charge on any atom is 0.323 e. The van der Waals surface area contributed by atoms with Gasteiger partial charge in [0.1, 0.15) is 6.04 Å². The molecule has 0 aromatic carbocycles. The summed E-state index contributed by atoms with van der Waals surface area (Å²) < 4.78 is 5.12. The largest absolute Gasteiger partial charge is 0.465 e. The number of esters is 1. The minimum absolute atomic E-state index is 0.00981. The molecular formula is C11H19NO2. The molecule has 2 bridgehead atoms. The van der Waals surface area contributed by atoms with Crippen LogP contribution in [0.25, 0.3) is 0 Å². The van der Waals surface area contributed by atoms with Crippen LogP contribution in [0, 0.1) is 5.92 Å². The highest BCUT2D eigenvalue weighted by atomic mass is 16.5. The molecular weight excluding hydrogens is 178 g/mol. The zero-order chi connectivity index (χ0) is 10.1. The Kier molecular flexibility index (Phi) is 2.77. The molecule has 1 saturated carbocycles. The van der Waals surface area contributed by atoms with Crippen LogP contribution in [0.3, 0.4) is 0 Å². The van der Waals surface area contributed by atoms with Crippen LogP contribution in [-0.4, -0.2) is 36.6 Å². The molecule has 3 heteroatoms. The van der Waals surface area contributed by atoms with Crippen molar-refractivity contribution in [1.29, 1.82) is 0 Å². The summed E-state index contributed by atoms with van der Waals surface area (Å²) in [6, 6.07) is 0.664.